The number of fused-ring (bicyclic) bond motifs is 1. The van der Waals surface area contributed by atoms with Crippen LogP contribution in [0.15, 0.2) is 24.3 Å². The summed E-state index contributed by atoms with van der Waals surface area (Å²) in [5.74, 6) is -1.06. The van der Waals surface area contributed by atoms with Gasteiger partial charge in [-0.3, -0.25) is 14.4 Å². The second kappa shape index (κ2) is 7.56. The molecule has 7 nitrogen and oxygen atoms in total. The van der Waals surface area contributed by atoms with Gasteiger partial charge in [0.25, 0.3) is 5.91 Å². The average molecular weight is 305 g/mol. The fraction of sp³-hybridized carbons (Fsp3) is 0.400. The van der Waals surface area contributed by atoms with Crippen molar-refractivity contribution in [1.82, 2.24) is 10.6 Å². The van der Waals surface area contributed by atoms with E-state index in [1.165, 1.54) is 0 Å². The van der Waals surface area contributed by atoms with E-state index in [0.717, 1.165) is 0 Å². The molecule has 1 heterocycles. The Labute approximate surface area is 128 Å². The van der Waals surface area contributed by atoms with Crippen LogP contribution in [-0.2, 0) is 14.3 Å². The SMILES string of the molecule is COCCCNC(=O)C[C@@H]1NC(=O)c2ccccc2NC1=O. The van der Waals surface area contributed by atoms with Gasteiger partial charge in [0, 0.05) is 20.3 Å². The number of anilines is 1. The molecule has 22 heavy (non-hydrogen) atoms. The molecule has 1 aromatic rings. The van der Waals surface area contributed by atoms with Crippen LogP contribution in [0, 0.1) is 0 Å². The average Bonchev–Trinajstić information content (AvgIpc) is 2.62. The van der Waals surface area contributed by atoms with Crippen molar-refractivity contribution in [2.75, 3.05) is 25.6 Å². The van der Waals surface area contributed by atoms with E-state index in [1.54, 1.807) is 31.4 Å². The minimum Gasteiger partial charge on any atom is -0.385 e. The Hall–Kier alpha value is -2.41. The third-order valence-corrected chi connectivity index (χ3v) is 3.29. The predicted octanol–water partition coefficient (Wildman–Crippen LogP) is 0.280. The number of benzene rings is 1. The Bertz CT molecular complexity index is 574. The number of carbonyl (C=O) groups excluding carboxylic acids is 3. The molecule has 0 fully saturated rings. The lowest BCUT2D eigenvalue weighted by Gasteiger charge is -2.14. The summed E-state index contributed by atoms with van der Waals surface area (Å²) in [5, 5.41) is 7.93. The predicted molar refractivity (Wildman–Crippen MR) is 80.4 cm³/mol. The molecule has 0 aliphatic carbocycles. The van der Waals surface area contributed by atoms with E-state index >= 15 is 0 Å². The molecule has 3 amide bonds. The van der Waals surface area contributed by atoms with Crippen molar-refractivity contribution >= 4 is 23.4 Å². The van der Waals surface area contributed by atoms with Gasteiger partial charge in [-0.25, -0.2) is 0 Å². The lowest BCUT2D eigenvalue weighted by molar-refractivity contribution is -0.125. The monoisotopic (exact) mass is 305 g/mol. The van der Waals surface area contributed by atoms with Gasteiger partial charge in [0.2, 0.25) is 11.8 Å². The molecule has 1 aromatic carbocycles. The third-order valence-electron chi connectivity index (χ3n) is 3.29. The number of rotatable bonds is 6. The molecule has 0 bridgehead atoms. The van der Waals surface area contributed by atoms with Gasteiger partial charge in [-0.05, 0) is 18.6 Å². The number of nitrogens with one attached hydrogen (secondary N) is 3. The van der Waals surface area contributed by atoms with Crippen LogP contribution in [0.5, 0.6) is 0 Å². The number of methoxy groups -OCH3 is 1. The molecule has 0 radical (unpaired) electrons. The zero-order chi connectivity index (χ0) is 15.9. The first-order valence-corrected chi connectivity index (χ1v) is 7.08. The number of hydrogen-bond donors (Lipinski definition) is 3. The van der Waals surface area contributed by atoms with Gasteiger partial charge in [-0.2, -0.15) is 0 Å². The summed E-state index contributed by atoms with van der Waals surface area (Å²) in [4.78, 5) is 36.0. The molecule has 0 spiro atoms. The smallest absolute Gasteiger partial charge is 0.254 e. The molecule has 0 saturated heterocycles. The molecule has 7 heteroatoms. The maximum absolute atomic E-state index is 12.1. The summed E-state index contributed by atoms with van der Waals surface area (Å²) in [6.07, 6.45) is 0.593. The largest absolute Gasteiger partial charge is 0.385 e. The van der Waals surface area contributed by atoms with Crippen LogP contribution in [-0.4, -0.2) is 44.0 Å². The second-order valence-electron chi connectivity index (χ2n) is 4.96. The molecule has 0 saturated carbocycles. The normalized spacial score (nSPS) is 17.0. The molecule has 1 aliphatic heterocycles. The van der Waals surface area contributed by atoms with E-state index in [1.807, 2.05) is 0 Å². The second-order valence-corrected chi connectivity index (χ2v) is 4.96. The molecule has 2 rings (SSSR count). The topological polar surface area (TPSA) is 96.5 Å². The Morgan fingerprint density at radius 1 is 1.32 bits per heavy atom. The number of amides is 3. The van der Waals surface area contributed by atoms with Gasteiger partial charge in [0.1, 0.15) is 6.04 Å². The van der Waals surface area contributed by atoms with E-state index in [9.17, 15) is 14.4 Å². The fourth-order valence-electron chi connectivity index (χ4n) is 2.16. The van der Waals surface area contributed by atoms with Crippen molar-refractivity contribution in [2.24, 2.45) is 0 Å². The zero-order valence-corrected chi connectivity index (χ0v) is 12.3. The Morgan fingerprint density at radius 2 is 2.09 bits per heavy atom. The number of hydrogen-bond acceptors (Lipinski definition) is 4. The van der Waals surface area contributed by atoms with Crippen LogP contribution in [0.25, 0.3) is 0 Å². The molecule has 0 unspecified atom stereocenters. The molecular formula is C15H19N3O4. The molecule has 1 atom stereocenters. The maximum atomic E-state index is 12.1. The van der Waals surface area contributed by atoms with Crippen molar-refractivity contribution in [2.45, 2.75) is 18.9 Å². The van der Waals surface area contributed by atoms with Crippen LogP contribution in [0.3, 0.4) is 0 Å². The van der Waals surface area contributed by atoms with Crippen molar-refractivity contribution in [3.8, 4) is 0 Å². The summed E-state index contributed by atoms with van der Waals surface area (Å²) >= 11 is 0. The molecule has 118 valence electrons. The Morgan fingerprint density at radius 3 is 2.86 bits per heavy atom. The summed E-state index contributed by atoms with van der Waals surface area (Å²) in [7, 11) is 1.59. The van der Waals surface area contributed by atoms with Crippen LogP contribution >= 0.6 is 0 Å². The van der Waals surface area contributed by atoms with E-state index in [0.29, 0.717) is 30.8 Å². The van der Waals surface area contributed by atoms with Crippen LogP contribution in [0.1, 0.15) is 23.2 Å². The van der Waals surface area contributed by atoms with E-state index < -0.39 is 11.9 Å². The molecule has 0 aromatic heterocycles. The van der Waals surface area contributed by atoms with Crippen LogP contribution < -0.4 is 16.0 Å². The van der Waals surface area contributed by atoms with E-state index in [-0.39, 0.29) is 18.2 Å². The van der Waals surface area contributed by atoms with Gasteiger partial charge in [-0.1, -0.05) is 12.1 Å². The standard InChI is InChI=1S/C15H19N3O4/c1-22-8-4-7-16-13(19)9-12-15(21)17-11-6-3-2-5-10(11)14(20)18-12/h2-3,5-6,12H,4,7-9H2,1H3,(H,16,19)(H,17,21)(H,18,20)/t12-/m0/s1. The van der Waals surface area contributed by atoms with Gasteiger partial charge < -0.3 is 20.7 Å². The number of para-hydroxylation sites is 1. The first-order valence-electron chi connectivity index (χ1n) is 7.08. The summed E-state index contributed by atoms with van der Waals surface area (Å²) in [6.45, 7) is 1.02. The fourth-order valence-corrected chi connectivity index (χ4v) is 2.16. The van der Waals surface area contributed by atoms with Gasteiger partial charge in [-0.15, -0.1) is 0 Å². The molecule has 1 aliphatic rings. The van der Waals surface area contributed by atoms with Crippen molar-refractivity contribution in [3.05, 3.63) is 29.8 Å². The quantitative estimate of drug-likeness (QED) is 0.658. The van der Waals surface area contributed by atoms with E-state index in [2.05, 4.69) is 16.0 Å². The van der Waals surface area contributed by atoms with Crippen molar-refractivity contribution in [1.29, 1.82) is 0 Å². The first-order chi connectivity index (χ1) is 10.6. The van der Waals surface area contributed by atoms with Gasteiger partial charge in [0.05, 0.1) is 17.7 Å². The highest BCUT2D eigenvalue weighted by Crippen LogP contribution is 2.18. The lowest BCUT2D eigenvalue weighted by atomic mass is 10.1. The van der Waals surface area contributed by atoms with Crippen LogP contribution in [0.2, 0.25) is 0 Å². The highest BCUT2D eigenvalue weighted by atomic mass is 16.5. The Kier molecular flexibility index (Phi) is 5.48. The summed E-state index contributed by atoms with van der Waals surface area (Å²) < 4.78 is 4.88. The lowest BCUT2D eigenvalue weighted by Crippen LogP contribution is -2.44. The van der Waals surface area contributed by atoms with Crippen LogP contribution in [0.4, 0.5) is 5.69 Å². The first kappa shape index (κ1) is 16.0. The molecular weight excluding hydrogens is 286 g/mol. The maximum Gasteiger partial charge on any atom is 0.254 e. The van der Waals surface area contributed by atoms with Crippen molar-refractivity contribution in [3.63, 3.8) is 0 Å². The van der Waals surface area contributed by atoms with Crippen molar-refractivity contribution < 1.29 is 19.1 Å². The Balaban J connectivity index is 1.94. The molecule has 3 N–H and O–H groups in total. The highest BCUT2D eigenvalue weighted by molar-refractivity contribution is 6.10. The third kappa shape index (κ3) is 4.05. The summed E-state index contributed by atoms with van der Waals surface area (Å²) in [6, 6.07) is 5.84. The van der Waals surface area contributed by atoms with Gasteiger partial charge >= 0.3 is 0 Å². The van der Waals surface area contributed by atoms with E-state index in [4.69, 9.17) is 4.74 Å². The minimum atomic E-state index is -0.887. The number of carbonyl (C=O) groups is 3. The minimum absolute atomic E-state index is 0.0987. The zero-order valence-electron chi connectivity index (χ0n) is 12.3. The summed E-state index contributed by atoms with van der Waals surface area (Å²) in [5.41, 5.74) is 0.840. The number of ether oxygens (including phenoxy) is 1. The highest BCUT2D eigenvalue weighted by Gasteiger charge is 2.29. The van der Waals surface area contributed by atoms with Gasteiger partial charge in [0.15, 0.2) is 0 Å².